The summed E-state index contributed by atoms with van der Waals surface area (Å²) < 4.78 is 42.4. The third-order valence-electron chi connectivity index (χ3n) is 3.11. The molecule has 17 nitrogen and oxygen atoms in total. The maximum atomic E-state index is 10.3. The van der Waals surface area contributed by atoms with Gasteiger partial charge in [0.05, 0.1) is 15.9 Å². The van der Waals surface area contributed by atoms with E-state index in [4.69, 9.17) is 68.8 Å². The number of methoxy groups -OCH3 is 1. The van der Waals surface area contributed by atoms with E-state index in [-0.39, 0.29) is 65.4 Å². The number of nitrogens with zero attached hydrogens (tertiary/aromatic N) is 2. The number of nitrogens with one attached hydrogen (secondary N) is 1. The van der Waals surface area contributed by atoms with E-state index in [1.54, 1.807) is 0 Å². The Labute approximate surface area is 227 Å². The molecule has 0 aromatic heterocycles. The van der Waals surface area contributed by atoms with Gasteiger partial charge in [-0.05, 0) is 38.6 Å². The van der Waals surface area contributed by atoms with Crippen LogP contribution in [0.5, 0.6) is 0 Å². The highest BCUT2D eigenvalue weighted by molar-refractivity contribution is 5.75. The van der Waals surface area contributed by atoms with Crippen molar-refractivity contribution in [3.63, 3.8) is 0 Å². The van der Waals surface area contributed by atoms with Crippen LogP contribution in [0.1, 0.15) is 61.8 Å². The van der Waals surface area contributed by atoms with Crippen molar-refractivity contribution in [1.29, 1.82) is 10.7 Å². The first-order chi connectivity index (χ1) is 18.5. The van der Waals surface area contributed by atoms with Crippen molar-refractivity contribution in [1.82, 2.24) is 0 Å². The van der Waals surface area contributed by atoms with Crippen molar-refractivity contribution in [2.24, 2.45) is 45.1 Å². The van der Waals surface area contributed by atoms with E-state index in [1.807, 2.05) is 6.07 Å². The third-order valence-corrected chi connectivity index (χ3v) is 3.11. The summed E-state index contributed by atoms with van der Waals surface area (Å²) in [6, 6.07) is -1.44. The zero-order valence-corrected chi connectivity index (χ0v) is 19.4. The van der Waals surface area contributed by atoms with E-state index in [0.29, 0.717) is 0 Å². The lowest BCUT2D eigenvalue weighted by Gasteiger charge is -2.03. The Hall–Kier alpha value is -3.72. The van der Waals surface area contributed by atoms with E-state index in [1.165, 1.54) is 7.11 Å². The Kier molecular flexibility index (Phi) is 29.0. The fraction of sp³-hybridized carbons (Fsp3) is 0.700. The molecule has 0 aliphatic carbocycles. The number of guanidine groups is 1. The highest BCUT2D eigenvalue weighted by Gasteiger charge is 2.10. The van der Waals surface area contributed by atoms with Crippen LogP contribution in [-0.2, 0) is 19.1 Å². The van der Waals surface area contributed by atoms with Crippen molar-refractivity contribution in [3.8, 4) is 6.07 Å². The predicted molar refractivity (Wildman–Crippen MR) is 144 cm³/mol. The van der Waals surface area contributed by atoms with Gasteiger partial charge in [0.25, 0.3) is 6.02 Å². The van der Waals surface area contributed by atoms with E-state index in [9.17, 15) is 14.4 Å². The van der Waals surface area contributed by atoms with Crippen LogP contribution in [0.25, 0.3) is 0 Å². The lowest BCUT2D eigenvalue weighted by atomic mass is 10.2. The van der Waals surface area contributed by atoms with Gasteiger partial charge >= 0.3 is 17.9 Å². The molecule has 37 heavy (non-hydrogen) atoms. The number of amidine groups is 1. The molecule has 0 heterocycles. The van der Waals surface area contributed by atoms with Crippen molar-refractivity contribution < 1.29 is 42.9 Å². The number of rotatable bonds is 12. The Morgan fingerprint density at radius 3 is 1.62 bits per heavy atom. The molecule has 0 aliphatic rings. The molecular formula is C20H50N10O7. The molecule has 0 aromatic carbocycles. The maximum Gasteiger partial charge on any atom is 0.320 e. The minimum atomic E-state index is -1.97. The van der Waals surface area contributed by atoms with Gasteiger partial charge in [0.2, 0.25) is 0 Å². The Morgan fingerprint density at radius 1 is 1.00 bits per heavy atom. The Morgan fingerprint density at radius 2 is 1.35 bits per heavy atom. The average Bonchev–Trinajstić information content (AvgIpc) is 2.85. The predicted octanol–water partition coefficient (Wildman–Crippen LogP) is -1.66. The molecule has 0 aliphatic heterocycles. The van der Waals surface area contributed by atoms with Crippen LogP contribution in [0.3, 0.4) is 0 Å². The fourth-order valence-electron chi connectivity index (χ4n) is 1.20. The topological polar surface area (TPSA) is 363 Å². The summed E-state index contributed by atoms with van der Waals surface area (Å²) in [6.45, 7) is -3.79. The molecule has 3 atom stereocenters. The van der Waals surface area contributed by atoms with Gasteiger partial charge in [0.1, 0.15) is 18.1 Å². The number of hydrogen-bond acceptors (Lipinski definition) is 11. The summed E-state index contributed by atoms with van der Waals surface area (Å²) in [4.78, 5) is 33.7. The van der Waals surface area contributed by atoms with Gasteiger partial charge in [-0.3, -0.25) is 24.8 Å². The molecule has 17 heteroatoms. The number of aliphatic imine (C=N–C) groups is 1. The van der Waals surface area contributed by atoms with Gasteiger partial charge in [-0.1, -0.05) is 14.9 Å². The summed E-state index contributed by atoms with van der Waals surface area (Å²) >= 11 is 0. The number of carboxylic acids is 3. The molecule has 0 aromatic rings. The Balaban J connectivity index is -0.0000000811. The number of ether oxygens (including phenoxy) is 1. The summed E-state index contributed by atoms with van der Waals surface area (Å²) in [5, 5.41) is 39.2. The second-order valence-corrected chi connectivity index (χ2v) is 6.08. The van der Waals surface area contributed by atoms with Gasteiger partial charge in [-0.15, -0.1) is 0 Å². The number of aliphatic carboxylic acids is 3. The first kappa shape index (κ1) is 33.3. The SMILES string of the molecule is C.C.COC(=N)N.N#CCC[C@H](N)C(=O)O.[2H]C([2H])(CC[C@H](N)C(=O)O)N=C(N)N.[2H]C([2H])(N)CC[C@H](N)C(=O)O.[2H][2H]. The minimum absolute atomic E-state index is 0. The zero-order valence-electron chi connectivity index (χ0n) is 25.4. The second kappa shape index (κ2) is 32.3. The minimum Gasteiger partial charge on any atom is -0.480 e. The number of carbonyl (C=O) groups is 3. The standard InChI is InChI=1S/C6H14N4O2.C5H12N2O2.C5H8N2O2.C2H6N2O.2CH4.H2/c7-4(5(11)12)2-1-3-10-6(8)9;2*6-3-1-2-4(7)5(8)9;1-5-2(3)4;;;/h4H,1-3,7H2,(H,11,12)(H4,8,9,10);4H,1-3,6-7H2,(H,8,9);4H,1-2,7H2,(H,8,9);1H3,(H3,3,4);2*1H4;1H/t3*4-;;;;/m000..../s1/i2*3D2;;;;;1+1D. The molecule has 0 unspecified atom stereocenters. The molecule has 0 rings (SSSR count). The van der Waals surface area contributed by atoms with Gasteiger partial charge in [0.15, 0.2) is 5.96 Å². The third kappa shape index (κ3) is 46.3. The lowest BCUT2D eigenvalue weighted by Crippen LogP contribution is -2.30. The van der Waals surface area contributed by atoms with Crippen LogP contribution < -0.4 is 40.1 Å². The average molecular weight is 549 g/mol. The van der Waals surface area contributed by atoms with Crippen molar-refractivity contribution >= 4 is 29.9 Å². The van der Waals surface area contributed by atoms with Crippen LogP contribution in [0, 0.1) is 16.7 Å². The second-order valence-electron chi connectivity index (χ2n) is 6.08. The van der Waals surface area contributed by atoms with Crippen LogP contribution in [0.2, 0.25) is 0 Å². The molecule has 0 saturated heterocycles. The quantitative estimate of drug-likeness (QED) is 0.0958. The first-order valence-corrected chi connectivity index (χ1v) is 9.62. The molecular weight excluding hydrogens is 492 g/mol. The molecule has 222 valence electrons. The van der Waals surface area contributed by atoms with Gasteiger partial charge < -0.3 is 60.2 Å². The lowest BCUT2D eigenvalue weighted by molar-refractivity contribution is -0.139. The van der Waals surface area contributed by atoms with Crippen molar-refractivity contribution in [2.75, 3.05) is 20.1 Å². The number of carboxylic acid groups (broad SMARTS) is 3. The van der Waals surface area contributed by atoms with Crippen LogP contribution in [-0.4, -0.2) is 83.4 Å². The van der Waals surface area contributed by atoms with Crippen molar-refractivity contribution in [3.05, 3.63) is 0 Å². The highest BCUT2D eigenvalue weighted by Crippen LogP contribution is 1.94. The summed E-state index contributed by atoms with van der Waals surface area (Å²) in [7, 11) is 1.35. The smallest absolute Gasteiger partial charge is 0.320 e. The molecule has 0 fully saturated rings. The fourth-order valence-corrected chi connectivity index (χ4v) is 1.20. The van der Waals surface area contributed by atoms with Gasteiger partial charge in [-0.2, -0.15) is 5.26 Å². The summed E-state index contributed by atoms with van der Waals surface area (Å²) in [5.41, 5.74) is 34.9. The monoisotopic (exact) mass is 548 g/mol. The number of nitrogens with two attached hydrogens (primary N) is 7. The normalized spacial score (nSPS) is 13.5. The number of hydrogen-bond donors (Lipinski definition) is 11. The molecule has 0 radical (unpaired) electrons. The summed E-state index contributed by atoms with van der Waals surface area (Å²) in [5.74, 6) is -3.73. The maximum absolute atomic E-state index is 10.3. The molecule has 0 bridgehead atoms. The Bertz CT molecular complexity index is 827. The van der Waals surface area contributed by atoms with E-state index >= 15 is 0 Å². The van der Waals surface area contributed by atoms with E-state index in [0.717, 1.165) is 0 Å². The molecule has 0 amide bonds. The van der Waals surface area contributed by atoms with Crippen LogP contribution in [0.15, 0.2) is 4.99 Å². The number of nitriles is 1. The highest BCUT2D eigenvalue weighted by atomic mass is 16.5. The largest absolute Gasteiger partial charge is 0.480 e. The molecule has 0 spiro atoms. The summed E-state index contributed by atoms with van der Waals surface area (Å²) in [6.07, 6.45) is 0.274. The van der Waals surface area contributed by atoms with Crippen LogP contribution >= 0.6 is 0 Å². The van der Waals surface area contributed by atoms with Crippen LogP contribution in [0.4, 0.5) is 0 Å². The van der Waals surface area contributed by atoms with Gasteiger partial charge in [0, 0.05) is 18.6 Å². The molecule has 18 N–H and O–H groups in total. The van der Waals surface area contributed by atoms with Crippen molar-refractivity contribution in [2.45, 2.75) is 71.5 Å². The molecule has 0 saturated carbocycles. The zero-order chi connectivity index (χ0) is 34.0. The first-order valence-electron chi connectivity index (χ1n) is 12.6. The van der Waals surface area contributed by atoms with E-state index < -0.39 is 49.0 Å². The van der Waals surface area contributed by atoms with E-state index in [2.05, 4.69) is 15.5 Å². The van der Waals surface area contributed by atoms with Gasteiger partial charge in [-0.25, -0.2) is 0 Å².